The highest BCUT2D eigenvalue weighted by Crippen LogP contribution is 2.31. The van der Waals surface area contributed by atoms with Gasteiger partial charge in [0.2, 0.25) is 0 Å². The maximum atomic E-state index is 9.50. The van der Waals surface area contributed by atoms with Gasteiger partial charge < -0.3 is 10.2 Å². The molecule has 0 saturated heterocycles. The molecule has 0 bridgehead atoms. The summed E-state index contributed by atoms with van der Waals surface area (Å²) in [6, 6.07) is 6.45. The summed E-state index contributed by atoms with van der Waals surface area (Å²) >= 11 is 0. The lowest BCUT2D eigenvalue weighted by molar-refractivity contribution is -0.102. The van der Waals surface area contributed by atoms with Crippen molar-refractivity contribution in [3.05, 3.63) is 46.5 Å². The van der Waals surface area contributed by atoms with Crippen molar-refractivity contribution in [1.82, 2.24) is 0 Å². The van der Waals surface area contributed by atoms with Gasteiger partial charge in [-0.3, -0.25) is 9.78 Å². The SMILES string of the molecule is Cc1cc(O)cc(C)c1OOc1c(C)cc(O)cc1C. The van der Waals surface area contributed by atoms with Gasteiger partial charge >= 0.3 is 0 Å². The van der Waals surface area contributed by atoms with Crippen molar-refractivity contribution >= 4 is 0 Å². The Kier molecular flexibility index (Phi) is 3.74. The molecule has 0 spiro atoms. The van der Waals surface area contributed by atoms with E-state index in [1.165, 1.54) is 0 Å². The van der Waals surface area contributed by atoms with Gasteiger partial charge in [0.25, 0.3) is 0 Å². The second-order valence-electron chi connectivity index (χ2n) is 4.98. The second-order valence-corrected chi connectivity index (χ2v) is 4.98. The minimum atomic E-state index is 0.198. The summed E-state index contributed by atoms with van der Waals surface area (Å²) in [5.41, 5.74) is 3.15. The van der Waals surface area contributed by atoms with E-state index in [1.807, 2.05) is 27.7 Å². The number of benzene rings is 2. The molecule has 20 heavy (non-hydrogen) atoms. The molecule has 106 valence electrons. The fourth-order valence-electron chi connectivity index (χ4n) is 2.20. The standard InChI is InChI=1S/C16H18O4/c1-9-5-13(17)6-10(2)15(9)19-20-16-11(3)7-14(18)8-12(16)4/h5-8,17-18H,1-4H3. The smallest absolute Gasteiger partial charge is 0.184 e. The minimum absolute atomic E-state index is 0.198. The molecule has 2 aromatic rings. The van der Waals surface area contributed by atoms with Crippen molar-refractivity contribution in [2.24, 2.45) is 0 Å². The van der Waals surface area contributed by atoms with Gasteiger partial charge in [-0.25, -0.2) is 0 Å². The van der Waals surface area contributed by atoms with Crippen molar-refractivity contribution < 1.29 is 20.0 Å². The number of hydrogen-bond acceptors (Lipinski definition) is 4. The lowest BCUT2D eigenvalue weighted by atomic mass is 10.1. The zero-order chi connectivity index (χ0) is 14.9. The fourth-order valence-corrected chi connectivity index (χ4v) is 2.20. The zero-order valence-corrected chi connectivity index (χ0v) is 12.0. The summed E-state index contributed by atoms with van der Waals surface area (Å²) in [6.07, 6.45) is 0. The quantitative estimate of drug-likeness (QED) is 0.661. The molecular weight excluding hydrogens is 256 g/mol. The zero-order valence-electron chi connectivity index (χ0n) is 12.0. The predicted molar refractivity (Wildman–Crippen MR) is 76.4 cm³/mol. The van der Waals surface area contributed by atoms with Gasteiger partial charge in [0, 0.05) is 22.3 Å². The number of hydrogen-bond donors (Lipinski definition) is 2. The average Bonchev–Trinajstić information content (AvgIpc) is 2.30. The molecule has 0 aliphatic heterocycles. The molecule has 0 amide bonds. The second kappa shape index (κ2) is 5.33. The number of phenols is 2. The van der Waals surface area contributed by atoms with Crippen molar-refractivity contribution in [2.45, 2.75) is 27.7 Å². The highest BCUT2D eigenvalue weighted by Gasteiger charge is 2.11. The van der Waals surface area contributed by atoms with E-state index in [9.17, 15) is 10.2 Å². The van der Waals surface area contributed by atoms with E-state index < -0.39 is 0 Å². The Morgan fingerprint density at radius 3 is 1.10 bits per heavy atom. The van der Waals surface area contributed by atoms with Crippen LogP contribution in [-0.2, 0) is 0 Å². The Bertz CT molecular complexity index is 543. The summed E-state index contributed by atoms with van der Waals surface area (Å²) in [4.78, 5) is 10.8. The highest BCUT2D eigenvalue weighted by atomic mass is 17.2. The highest BCUT2D eigenvalue weighted by molar-refractivity contribution is 5.47. The Morgan fingerprint density at radius 2 is 0.850 bits per heavy atom. The molecule has 0 aliphatic carbocycles. The third kappa shape index (κ3) is 2.79. The first-order chi connectivity index (χ1) is 9.38. The van der Waals surface area contributed by atoms with Crippen LogP contribution in [0.5, 0.6) is 23.0 Å². The summed E-state index contributed by atoms with van der Waals surface area (Å²) < 4.78 is 0. The molecule has 0 radical (unpaired) electrons. The van der Waals surface area contributed by atoms with Crippen molar-refractivity contribution in [3.63, 3.8) is 0 Å². The van der Waals surface area contributed by atoms with Crippen molar-refractivity contribution in [1.29, 1.82) is 0 Å². The predicted octanol–water partition coefficient (Wildman–Crippen LogP) is 3.70. The number of rotatable bonds is 3. The van der Waals surface area contributed by atoms with Gasteiger partial charge in [-0.05, 0) is 52.0 Å². The molecule has 0 saturated carbocycles. The van der Waals surface area contributed by atoms with Gasteiger partial charge in [-0.2, -0.15) is 0 Å². The van der Waals surface area contributed by atoms with Gasteiger partial charge in [0.15, 0.2) is 11.5 Å². The molecule has 0 atom stereocenters. The van der Waals surface area contributed by atoms with E-state index in [0.29, 0.717) is 11.5 Å². The molecule has 0 fully saturated rings. The molecule has 2 aromatic carbocycles. The van der Waals surface area contributed by atoms with E-state index in [1.54, 1.807) is 24.3 Å². The summed E-state index contributed by atoms with van der Waals surface area (Å²) in [7, 11) is 0. The van der Waals surface area contributed by atoms with Crippen LogP contribution in [0.1, 0.15) is 22.3 Å². The van der Waals surface area contributed by atoms with Crippen LogP contribution in [0.4, 0.5) is 0 Å². The third-order valence-corrected chi connectivity index (χ3v) is 3.10. The van der Waals surface area contributed by atoms with Crippen LogP contribution in [0.15, 0.2) is 24.3 Å². The largest absolute Gasteiger partial charge is 0.508 e. The minimum Gasteiger partial charge on any atom is -0.508 e. The Labute approximate surface area is 118 Å². The van der Waals surface area contributed by atoms with Crippen LogP contribution in [0.3, 0.4) is 0 Å². The van der Waals surface area contributed by atoms with E-state index >= 15 is 0 Å². The number of aromatic hydroxyl groups is 2. The van der Waals surface area contributed by atoms with Crippen LogP contribution in [0, 0.1) is 27.7 Å². The normalized spacial score (nSPS) is 10.4. The molecule has 2 N–H and O–H groups in total. The first-order valence-corrected chi connectivity index (χ1v) is 6.33. The van der Waals surface area contributed by atoms with Crippen LogP contribution >= 0.6 is 0 Å². The van der Waals surface area contributed by atoms with E-state index in [4.69, 9.17) is 9.78 Å². The molecule has 4 heteroatoms. The maximum Gasteiger partial charge on any atom is 0.184 e. The number of phenolic OH excluding ortho intramolecular Hbond substituents is 2. The van der Waals surface area contributed by atoms with Crippen LogP contribution in [-0.4, -0.2) is 10.2 Å². The summed E-state index contributed by atoms with van der Waals surface area (Å²) in [5.74, 6) is 1.55. The molecule has 0 unspecified atom stereocenters. The summed E-state index contributed by atoms with van der Waals surface area (Å²) in [5, 5.41) is 19.0. The lowest BCUT2D eigenvalue weighted by Gasteiger charge is -2.14. The topological polar surface area (TPSA) is 58.9 Å². The molecule has 2 rings (SSSR count). The Hall–Kier alpha value is -2.36. The first kappa shape index (κ1) is 14.1. The van der Waals surface area contributed by atoms with E-state index in [2.05, 4.69) is 0 Å². The van der Waals surface area contributed by atoms with Crippen molar-refractivity contribution in [2.75, 3.05) is 0 Å². The van der Waals surface area contributed by atoms with Crippen LogP contribution in [0.2, 0.25) is 0 Å². The van der Waals surface area contributed by atoms with Gasteiger partial charge in [-0.15, -0.1) is 0 Å². The molecule has 0 heterocycles. The van der Waals surface area contributed by atoms with Gasteiger partial charge in [0.1, 0.15) is 11.5 Å². The number of aryl methyl sites for hydroxylation is 4. The van der Waals surface area contributed by atoms with E-state index in [0.717, 1.165) is 22.3 Å². The maximum absolute atomic E-state index is 9.50. The van der Waals surface area contributed by atoms with Gasteiger partial charge in [0.05, 0.1) is 0 Å². The molecule has 0 aliphatic rings. The van der Waals surface area contributed by atoms with Gasteiger partial charge in [-0.1, -0.05) is 0 Å². The lowest BCUT2D eigenvalue weighted by Crippen LogP contribution is -2.05. The Morgan fingerprint density at radius 1 is 0.600 bits per heavy atom. The van der Waals surface area contributed by atoms with Crippen LogP contribution in [0.25, 0.3) is 0 Å². The average molecular weight is 274 g/mol. The monoisotopic (exact) mass is 274 g/mol. The fraction of sp³-hybridized carbons (Fsp3) is 0.250. The first-order valence-electron chi connectivity index (χ1n) is 6.33. The van der Waals surface area contributed by atoms with Crippen LogP contribution < -0.4 is 9.78 Å². The Balaban J connectivity index is 2.26. The third-order valence-electron chi connectivity index (χ3n) is 3.10. The van der Waals surface area contributed by atoms with E-state index in [-0.39, 0.29) is 11.5 Å². The summed E-state index contributed by atoms with van der Waals surface area (Å²) in [6.45, 7) is 7.34. The molecular formula is C16H18O4. The van der Waals surface area contributed by atoms with Crippen molar-refractivity contribution in [3.8, 4) is 23.0 Å². The molecule has 0 aromatic heterocycles. The molecule has 4 nitrogen and oxygen atoms in total.